The molecule has 0 unspecified atom stereocenters. The number of ether oxygens (including phenoxy) is 1. The van der Waals surface area contributed by atoms with E-state index < -0.39 is 0 Å². The van der Waals surface area contributed by atoms with E-state index in [0.717, 1.165) is 16.7 Å². The van der Waals surface area contributed by atoms with Gasteiger partial charge in [0.25, 0.3) is 0 Å². The van der Waals surface area contributed by atoms with E-state index in [9.17, 15) is 4.79 Å². The molecular weight excluding hydrogens is 234 g/mol. The van der Waals surface area contributed by atoms with Crippen molar-refractivity contribution in [2.75, 3.05) is 12.8 Å². The second-order valence-electron chi connectivity index (χ2n) is 3.70. The molecule has 0 aliphatic rings. The number of carbonyl (C=O) groups excluding carboxylic acids is 1. The summed E-state index contributed by atoms with van der Waals surface area (Å²) in [4.78, 5) is 11.7. The largest absolute Gasteiger partial charge is 0.465 e. The Morgan fingerprint density at radius 3 is 2.65 bits per heavy atom. The van der Waals surface area contributed by atoms with Gasteiger partial charge in [-0.2, -0.15) is 0 Å². The third kappa shape index (κ3) is 2.03. The SMILES string of the molecule is COC(=O)c1c(-c2ccccc2C)csc1N. The molecule has 1 aromatic carbocycles. The van der Waals surface area contributed by atoms with Crippen LogP contribution in [-0.4, -0.2) is 13.1 Å². The van der Waals surface area contributed by atoms with Crippen LogP contribution in [0, 0.1) is 6.92 Å². The number of nitrogens with two attached hydrogens (primary N) is 1. The summed E-state index contributed by atoms with van der Waals surface area (Å²) in [7, 11) is 1.36. The highest BCUT2D eigenvalue weighted by atomic mass is 32.1. The van der Waals surface area contributed by atoms with Crippen molar-refractivity contribution in [3.05, 3.63) is 40.8 Å². The zero-order valence-corrected chi connectivity index (χ0v) is 10.5. The Hall–Kier alpha value is -1.81. The van der Waals surface area contributed by atoms with Crippen LogP contribution in [0.2, 0.25) is 0 Å². The maximum absolute atomic E-state index is 11.7. The molecule has 2 rings (SSSR count). The number of benzene rings is 1. The van der Waals surface area contributed by atoms with E-state index in [1.54, 1.807) is 0 Å². The summed E-state index contributed by atoms with van der Waals surface area (Å²) >= 11 is 1.36. The summed E-state index contributed by atoms with van der Waals surface area (Å²) < 4.78 is 4.77. The van der Waals surface area contributed by atoms with Crippen LogP contribution >= 0.6 is 11.3 Å². The molecule has 17 heavy (non-hydrogen) atoms. The number of nitrogen functional groups attached to an aromatic ring is 1. The van der Waals surface area contributed by atoms with E-state index in [-0.39, 0.29) is 5.97 Å². The Kier molecular flexibility index (Phi) is 3.15. The Bertz CT molecular complexity index is 560. The molecule has 1 aromatic heterocycles. The lowest BCUT2D eigenvalue weighted by atomic mass is 9.99. The van der Waals surface area contributed by atoms with Crippen molar-refractivity contribution in [3.63, 3.8) is 0 Å². The Morgan fingerprint density at radius 1 is 1.29 bits per heavy atom. The molecule has 88 valence electrons. The molecule has 0 aliphatic carbocycles. The number of anilines is 1. The van der Waals surface area contributed by atoms with Gasteiger partial charge in [-0.05, 0) is 18.1 Å². The highest BCUT2D eigenvalue weighted by Crippen LogP contribution is 2.35. The van der Waals surface area contributed by atoms with Gasteiger partial charge in [0.2, 0.25) is 0 Å². The summed E-state index contributed by atoms with van der Waals surface area (Å²) in [5, 5.41) is 2.39. The Balaban J connectivity index is 2.61. The minimum absolute atomic E-state index is 0.387. The number of hydrogen-bond acceptors (Lipinski definition) is 4. The first kappa shape index (κ1) is 11.7. The summed E-state index contributed by atoms with van der Waals surface area (Å²) in [5.74, 6) is -0.387. The lowest BCUT2D eigenvalue weighted by Crippen LogP contribution is -2.04. The first-order chi connectivity index (χ1) is 8.15. The molecule has 0 radical (unpaired) electrons. The summed E-state index contributed by atoms with van der Waals surface area (Å²) in [5.41, 5.74) is 9.25. The van der Waals surface area contributed by atoms with Crippen LogP contribution in [0.1, 0.15) is 15.9 Å². The molecule has 0 spiro atoms. The van der Waals surface area contributed by atoms with Gasteiger partial charge in [-0.1, -0.05) is 24.3 Å². The van der Waals surface area contributed by atoms with Crippen molar-refractivity contribution in [3.8, 4) is 11.1 Å². The first-order valence-corrected chi connectivity index (χ1v) is 6.04. The quantitative estimate of drug-likeness (QED) is 0.830. The van der Waals surface area contributed by atoms with E-state index in [1.165, 1.54) is 18.4 Å². The smallest absolute Gasteiger partial charge is 0.341 e. The van der Waals surface area contributed by atoms with Gasteiger partial charge in [-0.3, -0.25) is 0 Å². The highest BCUT2D eigenvalue weighted by Gasteiger charge is 2.19. The fourth-order valence-corrected chi connectivity index (χ4v) is 2.56. The minimum atomic E-state index is -0.387. The third-order valence-corrected chi connectivity index (χ3v) is 3.46. The maximum atomic E-state index is 11.7. The van der Waals surface area contributed by atoms with Crippen LogP contribution in [0.25, 0.3) is 11.1 Å². The van der Waals surface area contributed by atoms with Gasteiger partial charge in [-0.25, -0.2) is 4.79 Å². The Morgan fingerprint density at radius 2 is 2.00 bits per heavy atom. The second-order valence-corrected chi connectivity index (χ2v) is 4.61. The van der Waals surface area contributed by atoms with Gasteiger partial charge in [0.05, 0.1) is 7.11 Å². The molecule has 1 heterocycles. The lowest BCUT2D eigenvalue weighted by Gasteiger charge is -2.06. The summed E-state index contributed by atoms with van der Waals surface area (Å²) in [6, 6.07) is 7.89. The molecule has 0 fully saturated rings. The van der Waals surface area contributed by atoms with Crippen LogP contribution in [0.5, 0.6) is 0 Å². The van der Waals surface area contributed by atoms with Crippen molar-refractivity contribution in [1.29, 1.82) is 0 Å². The molecule has 2 aromatic rings. The number of esters is 1. The van der Waals surface area contributed by atoms with Gasteiger partial charge in [0, 0.05) is 10.9 Å². The van der Waals surface area contributed by atoms with Gasteiger partial charge < -0.3 is 10.5 Å². The molecule has 4 heteroatoms. The van der Waals surface area contributed by atoms with Crippen LogP contribution in [0.15, 0.2) is 29.6 Å². The van der Waals surface area contributed by atoms with Gasteiger partial charge in [-0.15, -0.1) is 11.3 Å². The molecule has 2 N–H and O–H groups in total. The third-order valence-electron chi connectivity index (χ3n) is 2.64. The molecular formula is C13H13NO2S. The fraction of sp³-hybridized carbons (Fsp3) is 0.154. The van der Waals surface area contributed by atoms with Gasteiger partial charge >= 0.3 is 5.97 Å². The second kappa shape index (κ2) is 4.59. The maximum Gasteiger partial charge on any atom is 0.341 e. The average molecular weight is 247 g/mol. The van der Waals surface area contributed by atoms with E-state index in [2.05, 4.69) is 0 Å². The molecule has 3 nitrogen and oxygen atoms in total. The van der Waals surface area contributed by atoms with Gasteiger partial charge in [0.15, 0.2) is 0 Å². The van der Waals surface area contributed by atoms with Crippen molar-refractivity contribution in [2.24, 2.45) is 0 Å². The molecule has 0 saturated heterocycles. The van der Waals surface area contributed by atoms with Crippen molar-refractivity contribution in [2.45, 2.75) is 6.92 Å². The Labute approximate surface area is 104 Å². The minimum Gasteiger partial charge on any atom is -0.465 e. The predicted octanol–water partition coefficient (Wildman–Crippen LogP) is 3.09. The predicted molar refractivity (Wildman–Crippen MR) is 70.2 cm³/mol. The number of rotatable bonds is 2. The topological polar surface area (TPSA) is 52.3 Å². The molecule has 0 saturated carbocycles. The van der Waals surface area contributed by atoms with Crippen LogP contribution in [0.4, 0.5) is 5.00 Å². The van der Waals surface area contributed by atoms with Crippen molar-refractivity contribution < 1.29 is 9.53 Å². The van der Waals surface area contributed by atoms with E-state index in [1.807, 2.05) is 36.6 Å². The lowest BCUT2D eigenvalue weighted by molar-refractivity contribution is 0.0603. The molecule has 0 aliphatic heterocycles. The highest BCUT2D eigenvalue weighted by molar-refractivity contribution is 7.14. The molecule has 0 bridgehead atoms. The van der Waals surface area contributed by atoms with E-state index in [0.29, 0.717) is 10.6 Å². The number of thiophene rings is 1. The normalized spacial score (nSPS) is 10.2. The number of aryl methyl sites for hydroxylation is 1. The average Bonchev–Trinajstić information content (AvgIpc) is 2.71. The summed E-state index contributed by atoms with van der Waals surface area (Å²) in [6.45, 7) is 2.00. The summed E-state index contributed by atoms with van der Waals surface area (Å²) in [6.07, 6.45) is 0. The molecule has 0 amide bonds. The molecule has 0 atom stereocenters. The monoisotopic (exact) mass is 247 g/mol. The zero-order chi connectivity index (χ0) is 12.4. The van der Waals surface area contributed by atoms with Gasteiger partial charge in [0.1, 0.15) is 10.6 Å². The zero-order valence-electron chi connectivity index (χ0n) is 9.69. The van der Waals surface area contributed by atoms with E-state index >= 15 is 0 Å². The van der Waals surface area contributed by atoms with Crippen LogP contribution in [-0.2, 0) is 4.74 Å². The standard InChI is InChI=1S/C13H13NO2S/c1-8-5-3-4-6-9(8)10-7-17-12(14)11(10)13(15)16-2/h3-7H,14H2,1-2H3. The fourth-order valence-electron chi connectivity index (χ4n) is 1.76. The van der Waals surface area contributed by atoms with Crippen molar-refractivity contribution >= 4 is 22.3 Å². The first-order valence-electron chi connectivity index (χ1n) is 5.16. The number of hydrogen-bond donors (Lipinski definition) is 1. The number of carbonyl (C=O) groups is 1. The van der Waals surface area contributed by atoms with Crippen LogP contribution in [0.3, 0.4) is 0 Å². The van der Waals surface area contributed by atoms with E-state index in [4.69, 9.17) is 10.5 Å². The number of methoxy groups -OCH3 is 1. The van der Waals surface area contributed by atoms with Crippen molar-refractivity contribution in [1.82, 2.24) is 0 Å². The van der Waals surface area contributed by atoms with Crippen LogP contribution < -0.4 is 5.73 Å².